The molecule has 0 aliphatic carbocycles. The monoisotopic (exact) mass is 429 g/mol. The first-order valence-corrected chi connectivity index (χ1v) is 9.66. The van der Waals surface area contributed by atoms with E-state index in [2.05, 4.69) is 20.9 Å². The lowest BCUT2D eigenvalue weighted by molar-refractivity contribution is -0.141. The van der Waals surface area contributed by atoms with Gasteiger partial charge >= 0.3 is 0 Å². The Morgan fingerprint density at radius 1 is 1.33 bits per heavy atom. The van der Waals surface area contributed by atoms with Gasteiger partial charge in [-0.05, 0) is 46.1 Å². The number of hydrogen-bond donors (Lipinski definition) is 1. The Balaban J connectivity index is 1.51. The van der Waals surface area contributed by atoms with Crippen LogP contribution < -0.4 is 0 Å². The van der Waals surface area contributed by atoms with Gasteiger partial charge in [0.15, 0.2) is 4.67 Å². The van der Waals surface area contributed by atoms with E-state index in [0.717, 1.165) is 16.5 Å². The maximum Gasteiger partial charge on any atom is 0.245 e. The summed E-state index contributed by atoms with van der Waals surface area (Å²) in [6.07, 6.45) is 2.87. The molecule has 3 heterocycles. The number of carbonyl (C=O) groups is 2. The molecule has 0 radical (unpaired) electrons. The molecule has 1 N–H and O–H groups in total. The second-order valence-electron chi connectivity index (χ2n) is 6.84. The van der Waals surface area contributed by atoms with Crippen LogP contribution in [0.15, 0.2) is 51.7 Å². The van der Waals surface area contributed by atoms with E-state index in [-0.39, 0.29) is 11.8 Å². The molecule has 140 valence electrons. The minimum absolute atomic E-state index is 0.0211. The zero-order valence-corrected chi connectivity index (χ0v) is 16.5. The highest BCUT2D eigenvalue weighted by Crippen LogP contribution is 2.27. The molecule has 27 heavy (non-hydrogen) atoms. The number of fused-ring (bicyclic) bond motifs is 1. The SMILES string of the molecule is CN(Cc1ccc(Br)o1)C(=O)C1CCC(=O)N1Cc1c[nH]c2ccccc12. The van der Waals surface area contributed by atoms with Crippen LogP contribution in [0, 0.1) is 0 Å². The van der Waals surface area contributed by atoms with Crippen molar-refractivity contribution in [1.82, 2.24) is 14.8 Å². The summed E-state index contributed by atoms with van der Waals surface area (Å²) in [5.41, 5.74) is 2.05. The van der Waals surface area contributed by atoms with Crippen molar-refractivity contribution in [1.29, 1.82) is 0 Å². The highest BCUT2D eigenvalue weighted by molar-refractivity contribution is 9.10. The third kappa shape index (κ3) is 3.51. The van der Waals surface area contributed by atoms with Crippen LogP contribution in [0.5, 0.6) is 0 Å². The average Bonchev–Trinajstić information content (AvgIpc) is 3.35. The smallest absolute Gasteiger partial charge is 0.245 e. The van der Waals surface area contributed by atoms with Gasteiger partial charge in [-0.2, -0.15) is 0 Å². The predicted molar refractivity (Wildman–Crippen MR) is 105 cm³/mol. The zero-order valence-electron chi connectivity index (χ0n) is 14.9. The topological polar surface area (TPSA) is 69.6 Å². The van der Waals surface area contributed by atoms with Gasteiger partial charge in [-0.1, -0.05) is 18.2 Å². The quantitative estimate of drug-likeness (QED) is 0.672. The maximum absolute atomic E-state index is 13.0. The number of H-pyrrole nitrogens is 1. The van der Waals surface area contributed by atoms with Crippen LogP contribution in [-0.4, -0.2) is 39.7 Å². The number of hydrogen-bond acceptors (Lipinski definition) is 3. The van der Waals surface area contributed by atoms with Crippen molar-refractivity contribution < 1.29 is 14.0 Å². The molecule has 1 unspecified atom stereocenters. The van der Waals surface area contributed by atoms with Crippen LogP contribution in [0.25, 0.3) is 10.9 Å². The molecule has 7 heteroatoms. The van der Waals surface area contributed by atoms with Gasteiger partial charge < -0.3 is 19.2 Å². The summed E-state index contributed by atoms with van der Waals surface area (Å²) in [5.74, 6) is 0.659. The zero-order chi connectivity index (χ0) is 19.0. The van der Waals surface area contributed by atoms with E-state index in [1.807, 2.05) is 36.5 Å². The fraction of sp³-hybridized carbons (Fsp3) is 0.300. The fourth-order valence-electron chi connectivity index (χ4n) is 3.64. The number of aromatic nitrogens is 1. The van der Waals surface area contributed by atoms with Crippen molar-refractivity contribution in [2.45, 2.75) is 32.0 Å². The van der Waals surface area contributed by atoms with Crippen LogP contribution in [0.2, 0.25) is 0 Å². The normalized spacial score (nSPS) is 17.0. The van der Waals surface area contributed by atoms with Crippen LogP contribution in [-0.2, 0) is 22.7 Å². The lowest BCUT2D eigenvalue weighted by atomic mass is 10.1. The molecule has 0 bridgehead atoms. The summed E-state index contributed by atoms with van der Waals surface area (Å²) in [5, 5.41) is 1.08. The van der Waals surface area contributed by atoms with E-state index < -0.39 is 6.04 Å². The number of nitrogens with one attached hydrogen (secondary N) is 1. The molecule has 2 amide bonds. The number of para-hydroxylation sites is 1. The summed E-state index contributed by atoms with van der Waals surface area (Å²) in [6, 6.07) is 11.2. The fourth-order valence-corrected chi connectivity index (χ4v) is 3.98. The Kier molecular flexibility index (Phi) is 4.78. The number of amides is 2. The predicted octanol–water partition coefficient (Wildman–Crippen LogP) is 3.67. The average molecular weight is 430 g/mol. The molecule has 1 atom stereocenters. The molecule has 0 saturated carbocycles. The Bertz CT molecular complexity index is 993. The lowest BCUT2D eigenvalue weighted by Crippen LogP contribution is -2.44. The molecule has 1 aromatic carbocycles. The first-order chi connectivity index (χ1) is 13.0. The summed E-state index contributed by atoms with van der Waals surface area (Å²) in [7, 11) is 1.74. The first-order valence-electron chi connectivity index (χ1n) is 8.86. The summed E-state index contributed by atoms with van der Waals surface area (Å²) in [4.78, 5) is 32.0. The van der Waals surface area contributed by atoms with Crippen LogP contribution in [0.3, 0.4) is 0 Å². The molecule has 6 nitrogen and oxygen atoms in total. The number of halogens is 1. The van der Waals surface area contributed by atoms with Gasteiger partial charge in [0.05, 0.1) is 6.54 Å². The molecule has 3 aromatic rings. The van der Waals surface area contributed by atoms with Gasteiger partial charge in [-0.25, -0.2) is 0 Å². The van der Waals surface area contributed by atoms with E-state index >= 15 is 0 Å². The van der Waals surface area contributed by atoms with Crippen LogP contribution >= 0.6 is 15.9 Å². The summed E-state index contributed by atoms with van der Waals surface area (Å²) >= 11 is 3.27. The molecule has 2 aromatic heterocycles. The van der Waals surface area contributed by atoms with Crippen LogP contribution in [0.1, 0.15) is 24.2 Å². The molecule has 0 spiro atoms. The first kappa shape index (κ1) is 17.9. The molecular weight excluding hydrogens is 410 g/mol. The van der Waals surface area contributed by atoms with Crippen LogP contribution in [0.4, 0.5) is 0 Å². The third-order valence-corrected chi connectivity index (χ3v) is 5.45. The van der Waals surface area contributed by atoms with Crippen molar-refractivity contribution in [2.75, 3.05) is 7.05 Å². The molecule has 1 aliphatic heterocycles. The van der Waals surface area contributed by atoms with E-state index in [1.165, 1.54) is 0 Å². The standard InChI is InChI=1S/C20H20BrN3O3/c1-23(12-14-6-8-18(21)27-14)20(26)17-7-9-19(25)24(17)11-13-10-22-16-5-3-2-4-15(13)16/h2-6,8,10,17,22H,7,9,11-12H2,1H3. The maximum atomic E-state index is 13.0. The molecular formula is C20H20BrN3O3. The largest absolute Gasteiger partial charge is 0.452 e. The number of likely N-dealkylation sites (N-methyl/N-ethyl adjacent to an activating group) is 1. The van der Waals surface area contributed by atoms with Crippen molar-refractivity contribution in [2.24, 2.45) is 0 Å². The molecule has 1 fully saturated rings. The summed E-state index contributed by atoms with van der Waals surface area (Å²) < 4.78 is 6.12. The highest BCUT2D eigenvalue weighted by Gasteiger charge is 2.37. The van der Waals surface area contributed by atoms with Gasteiger partial charge in [-0.3, -0.25) is 9.59 Å². The van der Waals surface area contributed by atoms with E-state index in [9.17, 15) is 9.59 Å². The van der Waals surface area contributed by atoms with Gasteiger partial charge in [0.2, 0.25) is 11.8 Å². The minimum Gasteiger partial charge on any atom is -0.452 e. The number of benzene rings is 1. The Hall–Kier alpha value is -2.54. The Morgan fingerprint density at radius 3 is 2.93 bits per heavy atom. The number of likely N-dealkylation sites (tertiary alicyclic amines) is 1. The molecule has 1 aliphatic rings. The van der Waals surface area contributed by atoms with Gasteiger partial charge in [-0.15, -0.1) is 0 Å². The lowest BCUT2D eigenvalue weighted by Gasteiger charge is -2.27. The Morgan fingerprint density at radius 2 is 2.15 bits per heavy atom. The van der Waals surface area contributed by atoms with Gasteiger partial charge in [0.25, 0.3) is 0 Å². The highest BCUT2D eigenvalue weighted by atomic mass is 79.9. The number of carbonyl (C=O) groups excluding carboxylic acids is 2. The van der Waals surface area contributed by atoms with E-state index in [0.29, 0.717) is 36.4 Å². The van der Waals surface area contributed by atoms with Gasteiger partial charge in [0, 0.05) is 37.1 Å². The minimum atomic E-state index is -0.436. The van der Waals surface area contributed by atoms with Crippen molar-refractivity contribution >= 4 is 38.6 Å². The van der Waals surface area contributed by atoms with E-state index in [1.54, 1.807) is 22.9 Å². The second-order valence-corrected chi connectivity index (χ2v) is 7.62. The number of rotatable bonds is 5. The Labute approximate surface area is 165 Å². The van der Waals surface area contributed by atoms with Crippen molar-refractivity contribution in [3.8, 4) is 0 Å². The third-order valence-electron chi connectivity index (χ3n) is 5.03. The van der Waals surface area contributed by atoms with Crippen molar-refractivity contribution in [3.05, 3.63) is 58.6 Å². The second kappa shape index (κ2) is 7.23. The number of aromatic amines is 1. The number of furan rings is 1. The summed E-state index contributed by atoms with van der Waals surface area (Å²) in [6.45, 7) is 0.801. The van der Waals surface area contributed by atoms with Crippen molar-refractivity contribution in [3.63, 3.8) is 0 Å². The number of nitrogens with zero attached hydrogens (tertiary/aromatic N) is 2. The molecule has 1 saturated heterocycles. The van der Waals surface area contributed by atoms with Gasteiger partial charge in [0.1, 0.15) is 11.8 Å². The molecule has 4 rings (SSSR count). The van der Waals surface area contributed by atoms with E-state index in [4.69, 9.17) is 4.42 Å².